The quantitative estimate of drug-likeness (QED) is 0.485. The molecule has 14 heteroatoms. The number of fused-ring (bicyclic) bond motifs is 1. The van der Waals surface area contributed by atoms with Crippen LogP contribution in [0.15, 0.2) is 24.7 Å². The van der Waals surface area contributed by atoms with Crippen LogP contribution in [0, 0.1) is 22.7 Å². The minimum atomic E-state index is -3.24. The van der Waals surface area contributed by atoms with Gasteiger partial charge in [-0.3, -0.25) is 10.4 Å². The summed E-state index contributed by atoms with van der Waals surface area (Å²) in [6.07, 6.45) is 6.19. The Balaban J connectivity index is 1.15. The number of hydrogen-bond acceptors (Lipinski definition) is 9. The number of hydrogen-bond donors (Lipinski definition) is 2. The molecule has 0 aromatic carbocycles. The summed E-state index contributed by atoms with van der Waals surface area (Å²) >= 11 is 12.6. The minimum absolute atomic E-state index is 0.00766. The van der Waals surface area contributed by atoms with Crippen LogP contribution in [-0.4, -0.2) is 73.4 Å². The zero-order chi connectivity index (χ0) is 29.8. The van der Waals surface area contributed by atoms with E-state index < -0.39 is 28.4 Å². The van der Waals surface area contributed by atoms with Crippen molar-refractivity contribution in [3.05, 3.63) is 51.4 Å². The lowest BCUT2D eigenvalue weighted by Crippen LogP contribution is -2.64. The average molecular weight is 639 g/mol. The van der Waals surface area contributed by atoms with Crippen LogP contribution in [0.25, 0.3) is 0 Å². The Morgan fingerprint density at radius 1 is 1.19 bits per heavy atom. The molecular formula is C28H34Cl2FN7O3S. The fourth-order valence-corrected chi connectivity index (χ4v) is 8.83. The number of nitrogens with zero attached hydrogens (tertiary/aromatic N) is 5. The predicted molar refractivity (Wildman–Crippen MR) is 157 cm³/mol. The highest BCUT2D eigenvalue weighted by Crippen LogP contribution is 2.45. The van der Waals surface area contributed by atoms with Gasteiger partial charge in [0.25, 0.3) is 0 Å². The molecule has 1 aliphatic carbocycles. The summed E-state index contributed by atoms with van der Waals surface area (Å²) in [7, 11) is -3.24. The van der Waals surface area contributed by atoms with E-state index in [1.807, 2.05) is 13.0 Å². The second kappa shape index (κ2) is 11.4. The number of hydrazine groups is 1. The molecule has 5 unspecified atom stereocenters. The molecule has 1 saturated carbocycles. The molecule has 3 aliphatic heterocycles. The second-order valence-electron chi connectivity index (χ2n) is 12.2. The first kappa shape index (κ1) is 29.9. The van der Waals surface area contributed by atoms with Gasteiger partial charge in [0, 0.05) is 61.8 Å². The molecule has 226 valence electrons. The molecule has 6 rings (SSSR count). The van der Waals surface area contributed by atoms with Gasteiger partial charge in [0.2, 0.25) is 10.0 Å². The van der Waals surface area contributed by atoms with Gasteiger partial charge in [-0.05, 0) is 50.2 Å². The lowest BCUT2D eigenvalue weighted by Gasteiger charge is -2.54. The van der Waals surface area contributed by atoms with Crippen molar-refractivity contribution in [2.24, 2.45) is 11.3 Å². The molecule has 6 atom stereocenters. The minimum Gasteiger partial charge on any atom is -0.367 e. The van der Waals surface area contributed by atoms with Crippen molar-refractivity contribution in [3.8, 4) is 6.07 Å². The number of nitriles is 1. The fourth-order valence-electron chi connectivity index (χ4n) is 7.19. The van der Waals surface area contributed by atoms with Crippen molar-refractivity contribution in [1.82, 2.24) is 25.1 Å². The summed E-state index contributed by atoms with van der Waals surface area (Å²) in [4.78, 5) is 10.7. The smallest absolute Gasteiger partial charge is 0.211 e. The summed E-state index contributed by atoms with van der Waals surface area (Å²) in [5.74, 6) is 0.618. The molecule has 3 saturated heterocycles. The molecule has 5 heterocycles. The van der Waals surface area contributed by atoms with Gasteiger partial charge < -0.3 is 9.64 Å². The first-order chi connectivity index (χ1) is 20.0. The summed E-state index contributed by atoms with van der Waals surface area (Å²) < 4.78 is 47.3. The SMILES string of the molecule is C[C@@H](OC1CC2C(CC1F)NNC2c1cnc(N2CC3(CCCN(S(C)(=O)=O)C3)C2)c(C#N)c1)c1c(Cl)cncc1Cl. The summed E-state index contributed by atoms with van der Waals surface area (Å²) in [6.45, 7) is 4.19. The van der Waals surface area contributed by atoms with Crippen molar-refractivity contribution in [3.63, 3.8) is 0 Å². The predicted octanol–water partition coefficient (Wildman–Crippen LogP) is 3.93. The highest BCUT2D eigenvalue weighted by molar-refractivity contribution is 7.88. The van der Waals surface area contributed by atoms with Gasteiger partial charge in [0.15, 0.2) is 0 Å². The molecule has 2 aromatic rings. The maximum Gasteiger partial charge on any atom is 0.211 e. The van der Waals surface area contributed by atoms with Gasteiger partial charge in [0.1, 0.15) is 18.1 Å². The molecule has 4 aliphatic rings. The molecular weight excluding hydrogens is 604 g/mol. The van der Waals surface area contributed by atoms with Crippen LogP contribution in [0.1, 0.15) is 61.4 Å². The van der Waals surface area contributed by atoms with E-state index in [2.05, 4.69) is 26.8 Å². The Kier molecular flexibility index (Phi) is 8.15. The van der Waals surface area contributed by atoms with E-state index in [0.29, 0.717) is 59.6 Å². The van der Waals surface area contributed by atoms with Crippen LogP contribution in [0.5, 0.6) is 0 Å². The molecule has 0 radical (unpaired) electrons. The van der Waals surface area contributed by atoms with Crippen LogP contribution in [0.3, 0.4) is 0 Å². The maximum atomic E-state index is 15.3. The van der Waals surface area contributed by atoms with E-state index in [0.717, 1.165) is 18.4 Å². The van der Waals surface area contributed by atoms with Gasteiger partial charge >= 0.3 is 0 Å². The summed E-state index contributed by atoms with van der Waals surface area (Å²) in [5.41, 5.74) is 8.33. The highest BCUT2D eigenvalue weighted by Gasteiger charge is 2.49. The number of nitrogens with one attached hydrogen (secondary N) is 2. The molecule has 42 heavy (non-hydrogen) atoms. The highest BCUT2D eigenvalue weighted by atomic mass is 35.5. The maximum absolute atomic E-state index is 15.3. The second-order valence-corrected chi connectivity index (χ2v) is 15.0. The van der Waals surface area contributed by atoms with E-state index in [1.165, 1.54) is 18.6 Å². The third-order valence-electron chi connectivity index (χ3n) is 9.25. The lowest BCUT2D eigenvalue weighted by molar-refractivity contribution is -0.0783. The Morgan fingerprint density at radius 2 is 1.93 bits per heavy atom. The molecule has 2 aromatic heterocycles. The van der Waals surface area contributed by atoms with Crippen molar-refractivity contribution >= 4 is 39.0 Å². The van der Waals surface area contributed by atoms with Crippen molar-refractivity contribution in [1.29, 1.82) is 5.26 Å². The topological polar surface area (TPSA) is 123 Å². The van der Waals surface area contributed by atoms with Crippen molar-refractivity contribution in [2.75, 3.05) is 37.3 Å². The van der Waals surface area contributed by atoms with Gasteiger partial charge in [-0.1, -0.05) is 23.2 Å². The van der Waals surface area contributed by atoms with Crippen LogP contribution < -0.4 is 15.8 Å². The van der Waals surface area contributed by atoms with Gasteiger partial charge in [-0.25, -0.2) is 27.5 Å². The van der Waals surface area contributed by atoms with Gasteiger partial charge in [-0.15, -0.1) is 0 Å². The van der Waals surface area contributed by atoms with Crippen LogP contribution in [0.4, 0.5) is 10.2 Å². The van der Waals surface area contributed by atoms with Crippen molar-refractivity contribution < 1.29 is 17.5 Å². The molecule has 0 amide bonds. The number of sulfonamides is 1. The Bertz CT molecular complexity index is 1480. The van der Waals surface area contributed by atoms with Crippen LogP contribution >= 0.6 is 23.2 Å². The third kappa shape index (κ3) is 5.61. The first-order valence-corrected chi connectivity index (χ1v) is 16.8. The van der Waals surface area contributed by atoms with Crippen LogP contribution in [0.2, 0.25) is 10.0 Å². The summed E-state index contributed by atoms with van der Waals surface area (Å²) in [6, 6.07) is 3.87. The zero-order valence-corrected chi connectivity index (χ0v) is 25.8. The Morgan fingerprint density at radius 3 is 2.62 bits per heavy atom. The van der Waals surface area contributed by atoms with Crippen molar-refractivity contribution in [2.45, 2.75) is 63.1 Å². The zero-order valence-electron chi connectivity index (χ0n) is 23.4. The molecule has 4 fully saturated rings. The Labute approximate surface area is 255 Å². The number of piperidine rings is 1. The normalized spacial score (nSPS) is 30.0. The van der Waals surface area contributed by atoms with E-state index in [1.54, 1.807) is 10.5 Å². The van der Waals surface area contributed by atoms with Gasteiger partial charge in [-0.2, -0.15) is 5.26 Å². The summed E-state index contributed by atoms with van der Waals surface area (Å²) in [5, 5.41) is 10.8. The number of halogens is 3. The molecule has 2 N–H and O–H groups in total. The molecule has 10 nitrogen and oxygen atoms in total. The lowest BCUT2D eigenvalue weighted by atomic mass is 9.74. The van der Waals surface area contributed by atoms with E-state index in [-0.39, 0.29) is 29.8 Å². The standard InChI is InChI=1S/C28H34Cl2FN7O3S/c1-16(25-20(29)11-33-12-21(25)30)41-24-7-19-23(8-22(24)31)35-36-26(19)18-6-17(9-32)27(34-10-18)37-13-28(14-37)4-3-5-38(15-28)42(2,39)40/h6,10-12,16,19,22-24,26,35-36H,3-5,7-8,13-15H2,1-2H3/t16-,19?,22?,23?,24?,26?/m1/s1. The fraction of sp³-hybridized carbons (Fsp3) is 0.607. The Hall–Kier alpha value is -2.11. The number of ether oxygens (including phenoxy) is 1. The average Bonchev–Trinajstić information content (AvgIpc) is 3.33. The van der Waals surface area contributed by atoms with E-state index >= 15 is 4.39 Å². The number of rotatable bonds is 6. The monoisotopic (exact) mass is 637 g/mol. The number of aromatic nitrogens is 2. The van der Waals surface area contributed by atoms with E-state index in [4.69, 9.17) is 32.9 Å². The van der Waals surface area contributed by atoms with Crippen LogP contribution in [-0.2, 0) is 14.8 Å². The molecule has 1 spiro atoms. The number of pyridine rings is 2. The van der Waals surface area contributed by atoms with E-state index in [9.17, 15) is 13.7 Å². The van der Waals surface area contributed by atoms with Gasteiger partial charge in [0.05, 0.1) is 40.1 Å². The largest absolute Gasteiger partial charge is 0.367 e. The molecule has 0 bridgehead atoms. The number of anilines is 1. The number of alkyl halides is 1. The third-order valence-corrected chi connectivity index (χ3v) is 11.1. The first-order valence-electron chi connectivity index (χ1n) is 14.2.